The Morgan fingerprint density at radius 3 is 1.56 bits per heavy atom. The van der Waals surface area contributed by atoms with Gasteiger partial charge in [0, 0.05) is 27.5 Å². The van der Waals surface area contributed by atoms with Gasteiger partial charge in [-0.1, -0.05) is 109 Å². The summed E-state index contributed by atoms with van der Waals surface area (Å²) in [4.78, 5) is 20.3. The Morgan fingerprint density at radius 2 is 0.962 bits per heavy atom. The first kappa shape index (κ1) is 31.2. The maximum Gasteiger partial charge on any atom is 0.160 e. The Bertz CT molecular complexity index is 2710. The molecule has 52 heavy (non-hydrogen) atoms. The van der Waals surface area contributed by atoms with Crippen molar-refractivity contribution >= 4 is 27.4 Å². The smallest absolute Gasteiger partial charge is 0.160 e. The second kappa shape index (κ2) is 13.5. The molecular formula is C47H33N5. The lowest BCUT2D eigenvalue weighted by Crippen LogP contribution is -2.00. The number of aromatic nitrogens is 4. The highest BCUT2D eigenvalue weighted by Crippen LogP contribution is 2.35. The van der Waals surface area contributed by atoms with Gasteiger partial charge in [-0.15, -0.1) is 0 Å². The first-order valence-corrected chi connectivity index (χ1v) is 17.8. The zero-order chi connectivity index (χ0) is 34.9. The summed E-state index contributed by atoms with van der Waals surface area (Å²) in [6, 6.07) is 51.7. The standard InChI is InChI=1S/C47H33N5/c48-30-31-25-38(34-17-11-19-36(27-34)46-49-42-23-9-7-21-40(42)44(51-46)32-13-3-1-4-14-32)29-39(26-31)35-18-12-20-37(28-35)47-50-43-24-10-8-22-41(43)45(52-47)33-15-5-2-6-16-33/h1,3-4,7-15,17-29H,2,5-6,16H2. The fourth-order valence-corrected chi connectivity index (χ4v) is 7.23. The van der Waals surface area contributed by atoms with E-state index in [2.05, 4.69) is 84.9 Å². The van der Waals surface area contributed by atoms with Crippen molar-refractivity contribution in [3.8, 4) is 62.4 Å². The number of benzene rings is 6. The van der Waals surface area contributed by atoms with E-state index in [9.17, 15) is 5.26 Å². The minimum atomic E-state index is 0.588. The van der Waals surface area contributed by atoms with Gasteiger partial charge in [-0.25, -0.2) is 19.9 Å². The van der Waals surface area contributed by atoms with Crippen LogP contribution in [-0.4, -0.2) is 19.9 Å². The fraction of sp³-hybridized carbons (Fsp3) is 0.0851. The van der Waals surface area contributed by atoms with Crippen molar-refractivity contribution in [3.63, 3.8) is 0 Å². The molecular weight excluding hydrogens is 635 g/mol. The summed E-state index contributed by atoms with van der Waals surface area (Å²) in [6.07, 6.45) is 6.87. The van der Waals surface area contributed by atoms with E-state index >= 15 is 0 Å². The Balaban J connectivity index is 1.11. The van der Waals surface area contributed by atoms with Crippen molar-refractivity contribution in [2.75, 3.05) is 0 Å². The monoisotopic (exact) mass is 667 g/mol. The molecule has 1 aliphatic rings. The second-order valence-electron chi connectivity index (χ2n) is 13.2. The van der Waals surface area contributed by atoms with Crippen molar-refractivity contribution < 1.29 is 0 Å². The van der Waals surface area contributed by atoms with Crippen LogP contribution in [0.25, 0.3) is 83.7 Å². The lowest BCUT2D eigenvalue weighted by molar-refractivity contribution is 0.740. The van der Waals surface area contributed by atoms with Gasteiger partial charge in [0.1, 0.15) is 0 Å². The molecule has 0 fully saturated rings. The molecule has 0 radical (unpaired) electrons. The largest absolute Gasteiger partial charge is 0.228 e. The van der Waals surface area contributed by atoms with Crippen molar-refractivity contribution in [1.82, 2.24) is 19.9 Å². The molecule has 0 saturated carbocycles. The van der Waals surface area contributed by atoms with Gasteiger partial charge in [0.15, 0.2) is 11.6 Å². The van der Waals surface area contributed by atoms with Gasteiger partial charge in [0.25, 0.3) is 0 Å². The van der Waals surface area contributed by atoms with E-state index in [0.29, 0.717) is 17.2 Å². The van der Waals surface area contributed by atoms with E-state index in [1.165, 1.54) is 18.4 Å². The first-order chi connectivity index (χ1) is 25.7. The number of rotatable bonds is 6. The van der Waals surface area contributed by atoms with E-state index < -0.39 is 0 Å². The zero-order valence-electron chi connectivity index (χ0n) is 28.5. The molecule has 2 heterocycles. The summed E-state index contributed by atoms with van der Waals surface area (Å²) in [5.41, 5.74) is 12.4. The summed E-state index contributed by atoms with van der Waals surface area (Å²) < 4.78 is 0. The number of para-hydroxylation sites is 2. The highest BCUT2D eigenvalue weighted by molar-refractivity contribution is 5.94. The molecule has 0 atom stereocenters. The number of hydrogen-bond acceptors (Lipinski definition) is 5. The molecule has 0 amide bonds. The topological polar surface area (TPSA) is 75.3 Å². The van der Waals surface area contributed by atoms with Crippen LogP contribution < -0.4 is 0 Å². The predicted octanol–water partition coefficient (Wildman–Crippen LogP) is 11.7. The Hall–Kier alpha value is -6.77. The first-order valence-electron chi connectivity index (χ1n) is 17.8. The van der Waals surface area contributed by atoms with Gasteiger partial charge in [-0.05, 0) is 96.0 Å². The van der Waals surface area contributed by atoms with Crippen LogP contribution in [0.15, 0.2) is 152 Å². The molecule has 0 unspecified atom stereocenters. The van der Waals surface area contributed by atoms with Crippen LogP contribution in [0.3, 0.4) is 0 Å². The molecule has 1 aliphatic carbocycles. The van der Waals surface area contributed by atoms with Crippen LogP contribution in [0.4, 0.5) is 0 Å². The normalized spacial score (nSPS) is 12.8. The Labute approximate surface area is 302 Å². The van der Waals surface area contributed by atoms with E-state index in [1.54, 1.807) is 0 Å². The van der Waals surface area contributed by atoms with Gasteiger partial charge < -0.3 is 0 Å². The highest BCUT2D eigenvalue weighted by atomic mass is 14.9. The molecule has 0 aliphatic heterocycles. The minimum Gasteiger partial charge on any atom is -0.228 e. The van der Waals surface area contributed by atoms with Crippen LogP contribution in [0.1, 0.15) is 36.9 Å². The van der Waals surface area contributed by atoms with Crippen molar-refractivity contribution in [3.05, 3.63) is 163 Å². The molecule has 0 saturated heterocycles. The zero-order valence-corrected chi connectivity index (χ0v) is 28.5. The minimum absolute atomic E-state index is 0.588. The molecule has 9 rings (SSSR count). The molecule has 246 valence electrons. The second-order valence-corrected chi connectivity index (χ2v) is 13.2. The number of nitrogens with zero attached hydrogens (tertiary/aromatic N) is 5. The highest BCUT2D eigenvalue weighted by Gasteiger charge is 2.16. The Kier molecular flexibility index (Phi) is 8.11. The molecule has 2 aromatic heterocycles. The van der Waals surface area contributed by atoms with Crippen molar-refractivity contribution in [1.29, 1.82) is 5.26 Å². The van der Waals surface area contributed by atoms with Gasteiger partial charge >= 0.3 is 0 Å². The van der Waals surface area contributed by atoms with Crippen LogP contribution in [0, 0.1) is 11.3 Å². The molecule has 6 aromatic carbocycles. The lowest BCUT2D eigenvalue weighted by atomic mass is 9.94. The number of fused-ring (bicyclic) bond motifs is 2. The molecule has 0 bridgehead atoms. The van der Waals surface area contributed by atoms with E-state index in [-0.39, 0.29) is 0 Å². The fourth-order valence-electron chi connectivity index (χ4n) is 7.23. The maximum atomic E-state index is 10.1. The third-order valence-electron chi connectivity index (χ3n) is 9.82. The van der Waals surface area contributed by atoms with Crippen LogP contribution in [-0.2, 0) is 0 Å². The molecule has 5 heteroatoms. The summed E-state index contributed by atoms with van der Waals surface area (Å²) in [7, 11) is 0. The Morgan fingerprint density at radius 1 is 0.442 bits per heavy atom. The maximum absolute atomic E-state index is 10.1. The predicted molar refractivity (Wildman–Crippen MR) is 211 cm³/mol. The van der Waals surface area contributed by atoms with E-state index in [1.807, 2.05) is 72.8 Å². The van der Waals surface area contributed by atoms with Gasteiger partial charge in [-0.2, -0.15) is 5.26 Å². The SMILES string of the molecule is N#Cc1cc(-c2cccc(-c3nc(C4=CCCCC4)c4ccccc4n3)c2)cc(-c2cccc(-c3nc(-c4ccccc4)c4ccccc4n3)c2)c1. The summed E-state index contributed by atoms with van der Waals surface area (Å²) in [6.45, 7) is 0. The summed E-state index contributed by atoms with van der Waals surface area (Å²) >= 11 is 0. The van der Waals surface area contributed by atoms with Crippen LogP contribution >= 0.6 is 0 Å². The lowest BCUT2D eigenvalue weighted by Gasteiger charge is -2.15. The molecule has 8 aromatic rings. The van der Waals surface area contributed by atoms with Crippen LogP contribution in [0.5, 0.6) is 0 Å². The average molecular weight is 668 g/mol. The van der Waals surface area contributed by atoms with E-state index in [4.69, 9.17) is 19.9 Å². The number of nitriles is 1. The third-order valence-corrected chi connectivity index (χ3v) is 9.82. The molecule has 0 spiro atoms. The summed E-state index contributed by atoms with van der Waals surface area (Å²) in [5, 5.41) is 12.2. The van der Waals surface area contributed by atoms with Gasteiger partial charge in [0.2, 0.25) is 0 Å². The van der Waals surface area contributed by atoms with Crippen LogP contribution in [0.2, 0.25) is 0 Å². The van der Waals surface area contributed by atoms with Gasteiger partial charge in [0.05, 0.1) is 34.1 Å². The van der Waals surface area contributed by atoms with Gasteiger partial charge in [-0.3, -0.25) is 0 Å². The quantitative estimate of drug-likeness (QED) is 0.176. The molecule has 0 N–H and O–H groups in total. The third kappa shape index (κ3) is 6.01. The van der Waals surface area contributed by atoms with E-state index in [0.717, 1.165) is 85.0 Å². The summed E-state index contributed by atoms with van der Waals surface area (Å²) in [5.74, 6) is 1.36. The van der Waals surface area contributed by atoms with Crippen molar-refractivity contribution in [2.24, 2.45) is 0 Å². The van der Waals surface area contributed by atoms with Crippen molar-refractivity contribution in [2.45, 2.75) is 25.7 Å². The number of allylic oxidation sites excluding steroid dienone is 2. The number of hydrogen-bond donors (Lipinski definition) is 0. The average Bonchev–Trinajstić information content (AvgIpc) is 3.23. The molecule has 5 nitrogen and oxygen atoms in total.